The number of nitrogens with one attached hydrogen (secondary N) is 1. The van der Waals surface area contributed by atoms with Gasteiger partial charge < -0.3 is 14.8 Å². The van der Waals surface area contributed by atoms with Crippen LogP contribution in [0.25, 0.3) is 11.4 Å². The first kappa shape index (κ1) is 19.8. The fraction of sp³-hybridized carbons (Fsp3) is 0.333. The van der Waals surface area contributed by atoms with Crippen molar-refractivity contribution >= 4 is 5.91 Å². The van der Waals surface area contributed by atoms with E-state index in [4.69, 9.17) is 9.47 Å². The summed E-state index contributed by atoms with van der Waals surface area (Å²) in [6.07, 6.45) is 0.829. The smallest absolute Gasteiger partial charge is 0.243 e. The number of ether oxygens (including phenoxy) is 2. The summed E-state index contributed by atoms with van der Waals surface area (Å²) in [5.41, 5.74) is 1.10. The zero-order valence-corrected chi connectivity index (χ0v) is 16.8. The molecule has 0 saturated heterocycles. The fourth-order valence-corrected chi connectivity index (χ4v) is 3.30. The van der Waals surface area contributed by atoms with Crippen molar-refractivity contribution in [3.63, 3.8) is 0 Å². The predicted octanol–water partition coefficient (Wildman–Crippen LogP) is 2.39. The molecule has 1 aliphatic rings. The summed E-state index contributed by atoms with van der Waals surface area (Å²) in [5.74, 6) is 0.816. The molecule has 0 unspecified atom stereocenters. The number of para-hydroxylation sites is 1. The van der Waals surface area contributed by atoms with Crippen LogP contribution in [0.15, 0.2) is 42.5 Å². The summed E-state index contributed by atoms with van der Waals surface area (Å²) in [6, 6.07) is 11.9. The van der Waals surface area contributed by atoms with Crippen LogP contribution < -0.4 is 14.8 Å². The Labute approximate surface area is 173 Å². The van der Waals surface area contributed by atoms with Crippen LogP contribution in [0, 0.1) is 5.82 Å². The van der Waals surface area contributed by atoms with Gasteiger partial charge in [0.1, 0.15) is 24.6 Å². The van der Waals surface area contributed by atoms with E-state index in [1.807, 2.05) is 32.0 Å². The predicted molar refractivity (Wildman–Crippen MR) is 107 cm³/mol. The molecule has 1 aromatic heterocycles. The van der Waals surface area contributed by atoms with Crippen LogP contribution in [-0.4, -0.2) is 44.9 Å². The number of hydrogen-bond acceptors (Lipinski definition) is 6. The van der Waals surface area contributed by atoms with Crippen molar-refractivity contribution in [2.75, 3.05) is 13.2 Å². The van der Waals surface area contributed by atoms with E-state index < -0.39 is 5.82 Å². The van der Waals surface area contributed by atoms with E-state index in [0.29, 0.717) is 12.3 Å². The molecule has 3 aromatic rings. The van der Waals surface area contributed by atoms with E-state index in [1.165, 1.54) is 6.07 Å². The molecule has 1 N–H and O–H groups in total. The van der Waals surface area contributed by atoms with Gasteiger partial charge in [-0.15, -0.1) is 10.2 Å². The summed E-state index contributed by atoms with van der Waals surface area (Å²) in [7, 11) is 0. The lowest BCUT2D eigenvalue weighted by Gasteiger charge is -2.18. The van der Waals surface area contributed by atoms with Crippen molar-refractivity contribution in [2.45, 2.75) is 32.4 Å². The molecule has 8 nitrogen and oxygen atoms in total. The highest BCUT2D eigenvalue weighted by molar-refractivity contribution is 5.75. The molecular weight excluding hydrogens is 389 g/mol. The van der Waals surface area contributed by atoms with Crippen LogP contribution in [0.3, 0.4) is 0 Å². The quantitative estimate of drug-likeness (QED) is 0.601. The van der Waals surface area contributed by atoms with E-state index in [-0.39, 0.29) is 36.0 Å². The van der Waals surface area contributed by atoms with Crippen molar-refractivity contribution < 1.29 is 18.7 Å². The summed E-state index contributed by atoms with van der Waals surface area (Å²) >= 11 is 0. The van der Waals surface area contributed by atoms with Gasteiger partial charge in [0.2, 0.25) is 11.7 Å². The number of fused-ring (bicyclic) bond motifs is 1. The van der Waals surface area contributed by atoms with Gasteiger partial charge in [0.15, 0.2) is 11.5 Å². The van der Waals surface area contributed by atoms with Crippen LogP contribution in [0.1, 0.15) is 19.4 Å². The Bertz CT molecular complexity index is 1070. The highest BCUT2D eigenvalue weighted by atomic mass is 19.1. The fourth-order valence-electron chi connectivity index (χ4n) is 3.30. The van der Waals surface area contributed by atoms with Crippen LogP contribution in [0.5, 0.6) is 11.5 Å². The number of hydrogen-bond donors (Lipinski definition) is 1. The molecule has 0 spiro atoms. The molecule has 2 aromatic carbocycles. The Morgan fingerprint density at radius 3 is 2.93 bits per heavy atom. The SMILES string of the molecule is CC1(C)Cc2cccc(OCCNC(=O)Cn3nnc(-c4ccccc4F)n3)c2O1. The first-order valence-corrected chi connectivity index (χ1v) is 9.64. The van der Waals surface area contributed by atoms with Gasteiger partial charge in [-0.2, -0.15) is 4.80 Å². The Balaban J connectivity index is 1.26. The molecule has 1 amide bonds. The molecule has 0 bridgehead atoms. The Morgan fingerprint density at radius 1 is 1.27 bits per heavy atom. The Morgan fingerprint density at radius 2 is 2.10 bits per heavy atom. The lowest BCUT2D eigenvalue weighted by atomic mass is 10.0. The minimum Gasteiger partial charge on any atom is -0.488 e. The molecule has 0 radical (unpaired) electrons. The largest absolute Gasteiger partial charge is 0.488 e. The molecule has 0 saturated carbocycles. The van der Waals surface area contributed by atoms with E-state index in [0.717, 1.165) is 22.5 Å². The Kier molecular flexibility index (Phi) is 5.35. The van der Waals surface area contributed by atoms with Crippen LogP contribution >= 0.6 is 0 Å². The number of amides is 1. The van der Waals surface area contributed by atoms with Gasteiger partial charge in [-0.1, -0.05) is 24.3 Å². The number of nitrogens with zero attached hydrogens (tertiary/aromatic N) is 4. The minimum atomic E-state index is -0.446. The zero-order valence-electron chi connectivity index (χ0n) is 16.8. The second kappa shape index (κ2) is 8.10. The van der Waals surface area contributed by atoms with Crippen molar-refractivity contribution in [2.24, 2.45) is 0 Å². The maximum Gasteiger partial charge on any atom is 0.243 e. The molecule has 9 heteroatoms. The van der Waals surface area contributed by atoms with Gasteiger partial charge in [0, 0.05) is 12.0 Å². The molecule has 156 valence electrons. The number of tetrazole rings is 1. The van der Waals surface area contributed by atoms with Crippen molar-refractivity contribution in [1.82, 2.24) is 25.5 Å². The maximum atomic E-state index is 13.8. The van der Waals surface area contributed by atoms with E-state index >= 15 is 0 Å². The summed E-state index contributed by atoms with van der Waals surface area (Å²) < 4.78 is 25.5. The lowest BCUT2D eigenvalue weighted by molar-refractivity contribution is -0.122. The van der Waals surface area contributed by atoms with Gasteiger partial charge in [-0.25, -0.2) is 4.39 Å². The van der Waals surface area contributed by atoms with Gasteiger partial charge in [0.25, 0.3) is 0 Å². The second-order valence-corrected chi connectivity index (χ2v) is 7.60. The third kappa shape index (κ3) is 4.40. The van der Waals surface area contributed by atoms with E-state index in [1.54, 1.807) is 18.2 Å². The average molecular weight is 411 g/mol. The highest BCUT2D eigenvalue weighted by Gasteiger charge is 2.32. The van der Waals surface area contributed by atoms with Crippen LogP contribution in [0.4, 0.5) is 4.39 Å². The van der Waals surface area contributed by atoms with Gasteiger partial charge >= 0.3 is 0 Å². The third-order valence-electron chi connectivity index (χ3n) is 4.59. The molecule has 4 rings (SSSR count). The third-order valence-corrected chi connectivity index (χ3v) is 4.59. The van der Waals surface area contributed by atoms with Crippen molar-refractivity contribution in [3.05, 3.63) is 53.8 Å². The second-order valence-electron chi connectivity index (χ2n) is 7.60. The maximum absolute atomic E-state index is 13.8. The molecule has 30 heavy (non-hydrogen) atoms. The number of aromatic nitrogens is 4. The number of carbonyl (C=O) groups excluding carboxylic acids is 1. The number of benzene rings is 2. The minimum absolute atomic E-state index is 0.126. The average Bonchev–Trinajstić information content (AvgIpc) is 3.28. The monoisotopic (exact) mass is 411 g/mol. The topological polar surface area (TPSA) is 91.2 Å². The lowest BCUT2D eigenvalue weighted by Crippen LogP contribution is -2.32. The van der Waals surface area contributed by atoms with Gasteiger partial charge in [-0.3, -0.25) is 4.79 Å². The molecule has 0 atom stereocenters. The Hall–Kier alpha value is -3.49. The number of halogens is 1. The van der Waals surface area contributed by atoms with Gasteiger partial charge in [-0.05, 0) is 37.3 Å². The van der Waals surface area contributed by atoms with Crippen LogP contribution in [0.2, 0.25) is 0 Å². The number of carbonyl (C=O) groups is 1. The summed E-state index contributed by atoms with van der Waals surface area (Å²) in [6.45, 7) is 4.54. The summed E-state index contributed by atoms with van der Waals surface area (Å²) in [4.78, 5) is 13.2. The van der Waals surface area contributed by atoms with E-state index in [9.17, 15) is 9.18 Å². The molecule has 2 heterocycles. The van der Waals surface area contributed by atoms with Gasteiger partial charge in [0.05, 0.1) is 12.1 Å². The first-order valence-electron chi connectivity index (χ1n) is 9.64. The molecule has 0 fully saturated rings. The van der Waals surface area contributed by atoms with Crippen molar-refractivity contribution in [1.29, 1.82) is 0 Å². The van der Waals surface area contributed by atoms with E-state index in [2.05, 4.69) is 20.7 Å². The zero-order chi connectivity index (χ0) is 21.1. The normalized spacial score (nSPS) is 14.1. The highest BCUT2D eigenvalue weighted by Crippen LogP contribution is 2.41. The molecular formula is C21H22FN5O3. The van der Waals surface area contributed by atoms with Crippen LogP contribution in [-0.2, 0) is 17.8 Å². The molecule has 0 aliphatic carbocycles. The standard InChI is InChI=1S/C21H22FN5O3/c1-21(2)12-14-6-5-9-17(19(14)30-21)29-11-10-23-18(28)13-27-25-20(24-26-27)15-7-3-4-8-16(15)22/h3-9H,10-13H2,1-2H3,(H,23,28). The summed E-state index contributed by atoms with van der Waals surface area (Å²) in [5, 5.41) is 14.4. The van der Waals surface area contributed by atoms with Crippen molar-refractivity contribution in [3.8, 4) is 22.9 Å². The molecule has 1 aliphatic heterocycles. The first-order chi connectivity index (χ1) is 14.4. The number of rotatable bonds is 7.